The van der Waals surface area contributed by atoms with E-state index in [4.69, 9.17) is 5.53 Å². The minimum atomic E-state index is -0.883. The van der Waals surface area contributed by atoms with Crippen LogP contribution in [0.4, 0.5) is 0 Å². The van der Waals surface area contributed by atoms with Crippen molar-refractivity contribution in [3.8, 4) is 0 Å². The number of carbonyl (C=O) groups is 2. The molecule has 0 saturated heterocycles. The molecular formula is C7H10N2O3. The van der Waals surface area contributed by atoms with Gasteiger partial charge in [0.1, 0.15) is 0 Å². The molecule has 0 radical (unpaired) electrons. The molecule has 0 fully saturated rings. The summed E-state index contributed by atoms with van der Waals surface area (Å²) in [4.78, 5) is 24.3. The molecule has 12 heavy (non-hydrogen) atoms. The summed E-state index contributed by atoms with van der Waals surface area (Å²) in [5.41, 5.74) is 7.75. The van der Waals surface area contributed by atoms with Crippen molar-refractivity contribution in [3.05, 3.63) is 5.53 Å². The average molecular weight is 170 g/mol. The Balaban J connectivity index is 4.48. The maximum atomic E-state index is 10.9. The number of Topliss-reactive ketones (excluding diaryl/α,β-unsaturated/α-hetero) is 1. The summed E-state index contributed by atoms with van der Waals surface area (Å²) in [7, 11) is 0. The Labute approximate surface area is 69.9 Å². The molecule has 0 heterocycles. The summed E-state index contributed by atoms with van der Waals surface area (Å²) < 4.78 is 4.47. The summed E-state index contributed by atoms with van der Waals surface area (Å²) >= 11 is 0. The number of esters is 1. The van der Waals surface area contributed by atoms with Gasteiger partial charge in [-0.3, -0.25) is 4.79 Å². The highest BCUT2D eigenvalue weighted by molar-refractivity contribution is 6.62. The lowest BCUT2D eigenvalue weighted by atomic mass is 10.2. The van der Waals surface area contributed by atoms with E-state index in [1.807, 2.05) is 0 Å². The predicted octanol–water partition coefficient (Wildman–Crippen LogP) is 0.199. The Morgan fingerprint density at radius 2 is 2.00 bits per heavy atom. The van der Waals surface area contributed by atoms with Crippen molar-refractivity contribution < 1.29 is 19.1 Å². The van der Waals surface area contributed by atoms with Gasteiger partial charge >= 0.3 is 11.7 Å². The molecule has 0 spiro atoms. The molecule has 0 aromatic carbocycles. The van der Waals surface area contributed by atoms with Gasteiger partial charge in [0.25, 0.3) is 5.78 Å². The molecule has 0 atom stereocenters. The van der Waals surface area contributed by atoms with Gasteiger partial charge in [-0.15, -0.1) is 0 Å². The molecule has 0 N–H and O–H groups in total. The van der Waals surface area contributed by atoms with Crippen LogP contribution in [0, 0.1) is 0 Å². The lowest BCUT2D eigenvalue weighted by Crippen LogP contribution is -2.26. The quantitative estimate of drug-likeness (QED) is 0.199. The predicted molar refractivity (Wildman–Crippen MR) is 40.6 cm³/mol. The van der Waals surface area contributed by atoms with Crippen molar-refractivity contribution in [2.24, 2.45) is 0 Å². The van der Waals surface area contributed by atoms with Gasteiger partial charge in [-0.2, -0.15) is 4.79 Å². The molecule has 0 rings (SSSR count). The van der Waals surface area contributed by atoms with Gasteiger partial charge in [0.15, 0.2) is 0 Å². The largest absolute Gasteiger partial charge is 0.457 e. The maximum Gasteiger partial charge on any atom is 0.441 e. The molecule has 0 aromatic heterocycles. The normalized spacial score (nSPS) is 8.50. The number of hydrogen-bond acceptors (Lipinski definition) is 3. The average Bonchev–Trinajstić information content (AvgIpc) is 2.06. The topological polar surface area (TPSA) is 79.8 Å². The first-order chi connectivity index (χ1) is 5.67. The van der Waals surface area contributed by atoms with Gasteiger partial charge in [-0.05, 0) is 6.92 Å². The second-order valence-electron chi connectivity index (χ2n) is 1.95. The first-order valence-corrected chi connectivity index (χ1v) is 3.59. The highest BCUT2D eigenvalue weighted by atomic mass is 16.5. The van der Waals surface area contributed by atoms with Gasteiger partial charge < -0.3 is 10.3 Å². The SMILES string of the molecule is CCOC(=O)C(=[N+]=[N-])C(=O)CC. The van der Waals surface area contributed by atoms with Crippen molar-refractivity contribution in [1.29, 1.82) is 0 Å². The molecule has 0 aromatic rings. The Morgan fingerprint density at radius 3 is 2.33 bits per heavy atom. The van der Waals surface area contributed by atoms with Gasteiger partial charge in [0.05, 0.1) is 6.61 Å². The van der Waals surface area contributed by atoms with Crippen molar-refractivity contribution in [1.82, 2.24) is 0 Å². The van der Waals surface area contributed by atoms with E-state index in [1.54, 1.807) is 13.8 Å². The van der Waals surface area contributed by atoms with Gasteiger partial charge in [0, 0.05) is 6.42 Å². The fourth-order valence-electron chi connectivity index (χ4n) is 0.577. The van der Waals surface area contributed by atoms with E-state index >= 15 is 0 Å². The van der Waals surface area contributed by atoms with Crippen LogP contribution in [0.1, 0.15) is 20.3 Å². The van der Waals surface area contributed by atoms with Crippen LogP contribution in [0.3, 0.4) is 0 Å². The molecule has 0 saturated carbocycles. The van der Waals surface area contributed by atoms with Gasteiger partial charge in [-0.25, -0.2) is 4.79 Å². The Kier molecular flexibility index (Phi) is 4.57. The molecule has 66 valence electrons. The third-order valence-electron chi connectivity index (χ3n) is 1.15. The monoisotopic (exact) mass is 170 g/mol. The lowest BCUT2D eigenvalue weighted by molar-refractivity contribution is -0.141. The van der Waals surface area contributed by atoms with E-state index in [9.17, 15) is 9.59 Å². The minimum Gasteiger partial charge on any atom is -0.457 e. The first kappa shape index (κ1) is 10.5. The zero-order valence-corrected chi connectivity index (χ0v) is 7.03. The van der Waals surface area contributed by atoms with Crippen molar-refractivity contribution in [2.45, 2.75) is 20.3 Å². The van der Waals surface area contributed by atoms with Crippen LogP contribution in [0.15, 0.2) is 0 Å². The molecule has 0 aliphatic heterocycles. The number of ketones is 1. The summed E-state index contributed by atoms with van der Waals surface area (Å²) in [6, 6.07) is 0. The van der Waals surface area contributed by atoms with Crippen LogP contribution < -0.4 is 0 Å². The molecule has 5 heteroatoms. The van der Waals surface area contributed by atoms with Crippen LogP contribution >= 0.6 is 0 Å². The lowest BCUT2D eigenvalue weighted by Gasteiger charge is -1.94. The second kappa shape index (κ2) is 5.21. The number of carbonyl (C=O) groups excluding carboxylic acids is 2. The Morgan fingerprint density at radius 1 is 1.42 bits per heavy atom. The number of rotatable bonds is 4. The Bertz CT molecular complexity index is 241. The minimum absolute atomic E-state index is 0.109. The molecular weight excluding hydrogens is 160 g/mol. The van der Waals surface area contributed by atoms with E-state index in [1.165, 1.54) is 0 Å². The van der Waals surface area contributed by atoms with E-state index in [0.29, 0.717) is 0 Å². The van der Waals surface area contributed by atoms with Gasteiger partial charge in [0.2, 0.25) is 0 Å². The maximum absolute atomic E-state index is 10.9. The van der Waals surface area contributed by atoms with Crippen molar-refractivity contribution >= 4 is 17.5 Å². The highest BCUT2D eigenvalue weighted by Gasteiger charge is 2.28. The fraction of sp³-hybridized carbons (Fsp3) is 0.571. The molecule has 0 amide bonds. The second-order valence-corrected chi connectivity index (χ2v) is 1.95. The molecule has 0 aliphatic rings. The fourth-order valence-corrected chi connectivity index (χ4v) is 0.577. The van der Waals surface area contributed by atoms with Crippen LogP contribution in [0.2, 0.25) is 0 Å². The van der Waals surface area contributed by atoms with Crippen molar-refractivity contribution in [2.75, 3.05) is 6.61 Å². The molecule has 0 bridgehead atoms. The smallest absolute Gasteiger partial charge is 0.441 e. The van der Waals surface area contributed by atoms with E-state index < -0.39 is 17.5 Å². The third kappa shape index (κ3) is 2.64. The van der Waals surface area contributed by atoms with E-state index in [-0.39, 0.29) is 13.0 Å². The summed E-state index contributed by atoms with van der Waals surface area (Å²) in [5.74, 6) is -1.41. The first-order valence-electron chi connectivity index (χ1n) is 3.59. The van der Waals surface area contributed by atoms with Crippen LogP contribution in [0.25, 0.3) is 5.53 Å². The van der Waals surface area contributed by atoms with Gasteiger partial charge in [-0.1, -0.05) is 6.92 Å². The van der Waals surface area contributed by atoms with Crippen LogP contribution in [-0.4, -0.2) is 28.9 Å². The summed E-state index contributed by atoms with van der Waals surface area (Å²) in [6.07, 6.45) is 0.109. The standard InChI is InChI=1S/C7H10N2O3/c1-3-5(10)6(9-8)7(11)12-4-2/h3-4H2,1-2H3. The Hall–Kier alpha value is -1.48. The summed E-state index contributed by atoms with van der Waals surface area (Å²) in [5, 5.41) is 0. The highest BCUT2D eigenvalue weighted by Crippen LogP contribution is 1.87. The molecule has 5 nitrogen and oxygen atoms in total. The summed E-state index contributed by atoms with van der Waals surface area (Å²) in [6.45, 7) is 3.31. The van der Waals surface area contributed by atoms with Crippen molar-refractivity contribution in [3.63, 3.8) is 0 Å². The number of nitrogens with zero attached hydrogens (tertiary/aromatic N) is 2. The zero-order chi connectivity index (χ0) is 9.56. The van der Waals surface area contributed by atoms with E-state index in [2.05, 4.69) is 9.53 Å². The number of hydrogen-bond donors (Lipinski definition) is 0. The molecule has 0 unspecified atom stereocenters. The third-order valence-corrected chi connectivity index (χ3v) is 1.15. The number of ether oxygens (including phenoxy) is 1. The van der Waals surface area contributed by atoms with E-state index in [0.717, 1.165) is 0 Å². The zero-order valence-electron chi connectivity index (χ0n) is 7.03. The van der Waals surface area contributed by atoms with Crippen LogP contribution in [-0.2, 0) is 14.3 Å². The molecule has 0 aliphatic carbocycles. The van der Waals surface area contributed by atoms with Crippen LogP contribution in [0.5, 0.6) is 0 Å².